The fourth-order valence-corrected chi connectivity index (χ4v) is 4.08. The third kappa shape index (κ3) is 5.14. The Morgan fingerprint density at radius 3 is 2.40 bits per heavy atom. The lowest BCUT2D eigenvalue weighted by Gasteiger charge is -2.31. The van der Waals surface area contributed by atoms with Gasteiger partial charge >= 0.3 is 0 Å². The van der Waals surface area contributed by atoms with Crippen LogP contribution in [-0.2, 0) is 11.3 Å². The van der Waals surface area contributed by atoms with E-state index in [9.17, 15) is 4.79 Å². The van der Waals surface area contributed by atoms with Gasteiger partial charge in [0.15, 0.2) is 0 Å². The second-order valence-electron chi connectivity index (χ2n) is 8.26. The second-order valence-corrected chi connectivity index (χ2v) is 8.26. The molecule has 3 aromatic rings. The van der Waals surface area contributed by atoms with Gasteiger partial charge in [-0.2, -0.15) is 0 Å². The summed E-state index contributed by atoms with van der Waals surface area (Å²) >= 11 is 0. The van der Waals surface area contributed by atoms with E-state index in [-0.39, 0.29) is 11.8 Å². The summed E-state index contributed by atoms with van der Waals surface area (Å²) in [5, 5.41) is 3.10. The Morgan fingerprint density at radius 2 is 1.70 bits per heavy atom. The molecule has 1 aliphatic heterocycles. The number of amides is 1. The lowest BCUT2D eigenvalue weighted by atomic mass is 9.95. The predicted molar refractivity (Wildman–Crippen MR) is 122 cm³/mol. The summed E-state index contributed by atoms with van der Waals surface area (Å²) in [6.07, 6.45) is 1.78. The van der Waals surface area contributed by atoms with Crippen molar-refractivity contribution in [3.05, 3.63) is 83.7 Å². The largest absolute Gasteiger partial charge is 0.326 e. The van der Waals surface area contributed by atoms with Gasteiger partial charge in [0, 0.05) is 23.8 Å². The molecule has 30 heavy (non-hydrogen) atoms. The first-order valence-corrected chi connectivity index (χ1v) is 10.7. The van der Waals surface area contributed by atoms with E-state index in [4.69, 9.17) is 0 Å². The Kier molecular flexibility index (Phi) is 6.24. The van der Waals surface area contributed by atoms with Gasteiger partial charge in [0.25, 0.3) is 0 Å². The first-order valence-electron chi connectivity index (χ1n) is 10.7. The number of hydrogen-bond acceptors (Lipinski definition) is 3. The van der Waals surface area contributed by atoms with E-state index < -0.39 is 0 Å². The lowest BCUT2D eigenvalue weighted by molar-refractivity contribution is -0.121. The smallest absolute Gasteiger partial charge is 0.227 e. The summed E-state index contributed by atoms with van der Waals surface area (Å²) in [4.78, 5) is 19.7. The van der Waals surface area contributed by atoms with Crippen molar-refractivity contribution >= 4 is 11.6 Å². The van der Waals surface area contributed by atoms with Gasteiger partial charge in [0.1, 0.15) is 0 Å². The monoisotopic (exact) mass is 399 g/mol. The quantitative estimate of drug-likeness (QED) is 0.640. The number of likely N-dealkylation sites (tertiary alicyclic amines) is 1. The average molecular weight is 400 g/mol. The number of piperidine rings is 1. The number of rotatable bonds is 5. The maximum absolute atomic E-state index is 12.7. The first kappa shape index (κ1) is 20.3. The minimum Gasteiger partial charge on any atom is -0.326 e. The highest BCUT2D eigenvalue weighted by molar-refractivity contribution is 5.92. The van der Waals surface area contributed by atoms with Crippen LogP contribution in [0.1, 0.15) is 29.8 Å². The van der Waals surface area contributed by atoms with Crippen LogP contribution in [0.5, 0.6) is 0 Å². The zero-order valence-corrected chi connectivity index (χ0v) is 17.8. The molecule has 0 saturated carbocycles. The van der Waals surface area contributed by atoms with Crippen LogP contribution in [0.3, 0.4) is 0 Å². The van der Waals surface area contributed by atoms with E-state index >= 15 is 0 Å². The highest BCUT2D eigenvalue weighted by Gasteiger charge is 2.25. The molecule has 4 nitrogen and oxygen atoms in total. The molecule has 4 rings (SSSR count). The molecule has 0 unspecified atom stereocenters. The van der Waals surface area contributed by atoms with Crippen LogP contribution in [0.4, 0.5) is 5.69 Å². The number of aryl methyl sites for hydroxylation is 2. The summed E-state index contributed by atoms with van der Waals surface area (Å²) in [5.41, 5.74) is 6.62. The number of nitrogens with zero attached hydrogens (tertiary/aromatic N) is 2. The summed E-state index contributed by atoms with van der Waals surface area (Å²) in [5.74, 6) is 0.204. The fourth-order valence-electron chi connectivity index (χ4n) is 4.08. The van der Waals surface area contributed by atoms with E-state index in [1.54, 1.807) is 0 Å². The zero-order valence-electron chi connectivity index (χ0n) is 17.8. The Labute approximate surface area is 179 Å². The average Bonchev–Trinajstić information content (AvgIpc) is 2.75. The summed E-state index contributed by atoms with van der Waals surface area (Å²) in [7, 11) is 0. The van der Waals surface area contributed by atoms with Crippen LogP contribution < -0.4 is 5.32 Å². The minimum atomic E-state index is 0.0724. The predicted octanol–water partition coefficient (Wildman–Crippen LogP) is 5.22. The van der Waals surface area contributed by atoms with Crippen molar-refractivity contribution in [3.8, 4) is 11.1 Å². The van der Waals surface area contributed by atoms with Gasteiger partial charge in [-0.05, 0) is 75.2 Å². The molecule has 0 radical (unpaired) electrons. The van der Waals surface area contributed by atoms with Crippen LogP contribution >= 0.6 is 0 Å². The van der Waals surface area contributed by atoms with Gasteiger partial charge in [0.2, 0.25) is 5.91 Å². The van der Waals surface area contributed by atoms with Crippen LogP contribution in [-0.4, -0.2) is 28.9 Å². The summed E-state index contributed by atoms with van der Waals surface area (Å²) in [6.45, 7) is 6.84. The van der Waals surface area contributed by atoms with Crippen molar-refractivity contribution in [2.75, 3.05) is 18.4 Å². The molecular weight excluding hydrogens is 370 g/mol. The molecule has 4 heteroatoms. The van der Waals surface area contributed by atoms with Crippen molar-refractivity contribution in [1.29, 1.82) is 0 Å². The van der Waals surface area contributed by atoms with E-state index in [1.165, 1.54) is 11.1 Å². The molecule has 1 amide bonds. The maximum Gasteiger partial charge on any atom is 0.227 e. The molecule has 2 aromatic carbocycles. The number of nitrogens with one attached hydrogen (secondary N) is 1. The molecule has 0 atom stereocenters. The van der Waals surface area contributed by atoms with E-state index in [0.717, 1.165) is 55.1 Å². The van der Waals surface area contributed by atoms with Crippen LogP contribution in [0.15, 0.2) is 66.7 Å². The van der Waals surface area contributed by atoms with Gasteiger partial charge in [-0.25, -0.2) is 0 Å². The van der Waals surface area contributed by atoms with Gasteiger partial charge in [0.05, 0.1) is 5.69 Å². The molecule has 1 aliphatic rings. The Hall–Kier alpha value is -2.98. The summed E-state index contributed by atoms with van der Waals surface area (Å²) < 4.78 is 0. The van der Waals surface area contributed by atoms with Crippen molar-refractivity contribution in [3.63, 3.8) is 0 Å². The zero-order chi connectivity index (χ0) is 20.9. The minimum absolute atomic E-state index is 0.0724. The number of aromatic nitrogens is 1. The number of hydrogen-bond donors (Lipinski definition) is 1. The number of anilines is 1. The normalized spacial score (nSPS) is 15.1. The topological polar surface area (TPSA) is 45.2 Å². The standard InChI is InChI=1S/C26H29N3O/c1-19-5-3-7-23(17-19)21-9-11-24(12-10-21)28-26(30)22-13-15-29(16-14-22)18-25-8-4-6-20(2)27-25/h3-12,17,22H,13-16,18H2,1-2H3,(H,28,30). The Morgan fingerprint density at radius 1 is 0.967 bits per heavy atom. The molecule has 0 bridgehead atoms. The molecule has 1 fully saturated rings. The van der Waals surface area contributed by atoms with E-state index in [1.807, 2.05) is 25.1 Å². The van der Waals surface area contributed by atoms with Crippen LogP contribution in [0.2, 0.25) is 0 Å². The van der Waals surface area contributed by atoms with Crippen molar-refractivity contribution < 1.29 is 4.79 Å². The molecule has 0 spiro atoms. The Balaban J connectivity index is 1.29. The van der Waals surface area contributed by atoms with Gasteiger partial charge in [-0.3, -0.25) is 14.7 Å². The molecule has 1 aromatic heterocycles. The van der Waals surface area contributed by atoms with Crippen molar-refractivity contribution in [2.24, 2.45) is 5.92 Å². The van der Waals surface area contributed by atoms with E-state index in [2.05, 4.69) is 70.7 Å². The van der Waals surface area contributed by atoms with Crippen LogP contribution in [0.25, 0.3) is 11.1 Å². The molecule has 1 N–H and O–H groups in total. The van der Waals surface area contributed by atoms with Gasteiger partial charge in [-0.1, -0.05) is 48.0 Å². The van der Waals surface area contributed by atoms with Crippen molar-refractivity contribution in [2.45, 2.75) is 33.2 Å². The fraction of sp³-hybridized carbons (Fsp3) is 0.308. The van der Waals surface area contributed by atoms with Crippen LogP contribution in [0, 0.1) is 19.8 Å². The number of pyridine rings is 1. The maximum atomic E-state index is 12.7. The summed E-state index contributed by atoms with van der Waals surface area (Å²) in [6, 6.07) is 22.7. The molecule has 0 aliphatic carbocycles. The second kappa shape index (κ2) is 9.23. The SMILES string of the molecule is Cc1cccc(-c2ccc(NC(=O)C3CCN(Cc4cccc(C)n4)CC3)cc2)c1. The number of benzene rings is 2. The van der Waals surface area contributed by atoms with Gasteiger partial charge in [-0.15, -0.1) is 0 Å². The highest BCUT2D eigenvalue weighted by atomic mass is 16.1. The number of carbonyl (C=O) groups excluding carboxylic acids is 1. The highest BCUT2D eigenvalue weighted by Crippen LogP contribution is 2.24. The molecule has 154 valence electrons. The molecule has 2 heterocycles. The first-order chi connectivity index (χ1) is 14.6. The lowest BCUT2D eigenvalue weighted by Crippen LogP contribution is -2.37. The third-order valence-electron chi connectivity index (χ3n) is 5.79. The molecular formula is C26H29N3O. The Bertz CT molecular complexity index is 1000. The molecule has 1 saturated heterocycles. The van der Waals surface area contributed by atoms with Gasteiger partial charge < -0.3 is 5.32 Å². The third-order valence-corrected chi connectivity index (χ3v) is 5.79. The van der Waals surface area contributed by atoms with Crippen molar-refractivity contribution in [1.82, 2.24) is 9.88 Å². The number of carbonyl (C=O) groups is 1. The van der Waals surface area contributed by atoms with E-state index in [0.29, 0.717) is 0 Å².